The van der Waals surface area contributed by atoms with Crippen LogP contribution in [0.25, 0.3) is 21.9 Å². The third-order valence-corrected chi connectivity index (χ3v) is 5.05. The number of nitrogens with zero attached hydrogens (tertiary/aromatic N) is 6. The van der Waals surface area contributed by atoms with Crippen LogP contribution in [0.3, 0.4) is 0 Å². The molecule has 0 unspecified atom stereocenters. The Morgan fingerprint density at radius 2 is 2.07 bits per heavy atom. The highest BCUT2D eigenvalue weighted by atomic mass is 16.4. The van der Waals surface area contributed by atoms with Crippen molar-refractivity contribution in [2.45, 2.75) is 45.3 Å². The van der Waals surface area contributed by atoms with Crippen molar-refractivity contribution in [3.63, 3.8) is 0 Å². The second-order valence-corrected chi connectivity index (χ2v) is 7.31. The lowest BCUT2D eigenvalue weighted by Crippen LogP contribution is -2.34. The standard InChI is InChI=1S/C20H24N8O2/c1-2-3-8-16-24-17-18(13-6-4-5-7-15(13)23-19(17)22)28(16)10-12-9-27(26-25-12)11-14(21)20(29)30/h4-7,9,14H,2-3,8,10-11,21H2,1H3,(H2,22,23)(H,29,30)/t14-/m0/s1. The van der Waals surface area contributed by atoms with Gasteiger partial charge in [0.05, 0.1) is 30.3 Å². The number of hydrogen-bond donors (Lipinski definition) is 3. The number of nitrogens with two attached hydrogens (primary N) is 2. The van der Waals surface area contributed by atoms with Crippen molar-refractivity contribution >= 4 is 33.7 Å². The molecule has 10 heteroatoms. The zero-order valence-corrected chi connectivity index (χ0v) is 16.7. The van der Waals surface area contributed by atoms with Crippen LogP contribution in [0.5, 0.6) is 0 Å². The number of aliphatic carboxylic acids is 1. The second-order valence-electron chi connectivity index (χ2n) is 7.31. The van der Waals surface area contributed by atoms with Crippen molar-refractivity contribution < 1.29 is 9.90 Å². The summed E-state index contributed by atoms with van der Waals surface area (Å²) in [5, 5.41) is 18.2. The minimum Gasteiger partial charge on any atom is -0.480 e. The Bertz CT molecular complexity index is 1210. The van der Waals surface area contributed by atoms with Crippen molar-refractivity contribution in [2.24, 2.45) is 5.73 Å². The van der Waals surface area contributed by atoms with Gasteiger partial charge in [-0.05, 0) is 12.5 Å². The highest BCUT2D eigenvalue weighted by Gasteiger charge is 2.19. The van der Waals surface area contributed by atoms with Gasteiger partial charge in [0.1, 0.15) is 23.1 Å². The van der Waals surface area contributed by atoms with Crippen LogP contribution in [-0.2, 0) is 24.3 Å². The quantitative estimate of drug-likeness (QED) is 0.397. The fourth-order valence-electron chi connectivity index (χ4n) is 3.54. The molecular weight excluding hydrogens is 384 g/mol. The Morgan fingerprint density at radius 1 is 1.27 bits per heavy atom. The fourth-order valence-corrected chi connectivity index (χ4v) is 3.54. The number of fused-ring (bicyclic) bond motifs is 3. The molecule has 3 aromatic heterocycles. The minimum atomic E-state index is -1.08. The molecule has 0 radical (unpaired) electrons. The molecule has 1 atom stereocenters. The number of hydrogen-bond acceptors (Lipinski definition) is 7. The Morgan fingerprint density at radius 3 is 2.83 bits per heavy atom. The van der Waals surface area contributed by atoms with Gasteiger partial charge in [-0.25, -0.2) is 9.97 Å². The maximum atomic E-state index is 11.0. The number of carboxylic acids is 1. The lowest BCUT2D eigenvalue weighted by Gasteiger charge is -2.09. The van der Waals surface area contributed by atoms with Gasteiger partial charge in [0.2, 0.25) is 0 Å². The van der Waals surface area contributed by atoms with Gasteiger partial charge in [0, 0.05) is 11.8 Å². The number of aryl methyl sites for hydroxylation is 1. The van der Waals surface area contributed by atoms with Crippen LogP contribution in [0.15, 0.2) is 30.5 Å². The molecule has 156 valence electrons. The summed E-state index contributed by atoms with van der Waals surface area (Å²) in [4.78, 5) is 20.3. The first-order valence-electron chi connectivity index (χ1n) is 9.88. The third kappa shape index (κ3) is 3.69. The largest absolute Gasteiger partial charge is 0.480 e. The van der Waals surface area contributed by atoms with Gasteiger partial charge in [-0.3, -0.25) is 9.48 Å². The van der Waals surface area contributed by atoms with E-state index < -0.39 is 12.0 Å². The predicted molar refractivity (Wildman–Crippen MR) is 113 cm³/mol. The van der Waals surface area contributed by atoms with E-state index in [0.717, 1.165) is 41.5 Å². The number of aromatic nitrogens is 6. The van der Waals surface area contributed by atoms with E-state index in [1.165, 1.54) is 4.68 Å². The highest BCUT2D eigenvalue weighted by Crippen LogP contribution is 2.29. The summed E-state index contributed by atoms with van der Waals surface area (Å²) in [5.41, 5.74) is 14.9. The zero-order valence-electron chi connectivity index (χ0n) is 16.7. The normalized spacial score (nSPS) is 12.6. The molecule has 0 spiro atoms. The monoisotopic (exact) mass is 408 g/mol. The minimum absolute atomic E-state index is 0.0511. The number of rotatable bonds is 8. The van der Waals surface area contributed by atoms with E-state index in [4.69, 9.17) is 21.6 Å². The molecular formula is C20H24N8O2. The van der Waals surface area contributed by atoms with E-state index in [1.54, 1.807) is 6.20 Å². The van der Waals surface area contributed by atoms with Crippen molar-refractivity contribution in [1.29, 1.82) is 0 Å². The number of imidazole rings is 1. The van der Waals surface area contributed by atoms with Gasteiger partial charge in [-0.1, -0.05) is 36.8 Å². The molecule has 0 saturated heterocycles. The molecule has 0 aliphatic heterocycles. The lowest BCUT2D eigenvalue weighted by atomic mass is 10.2. The van der Waals surface area contributed by atoms with Crippen LogP contribution in [-0.4, -0.2) is 46.6 Å². The number of para-hydroxylation sites is 1. The number of anilines is 1. The summed E-state index contributed by atoms with van der Waals surface area (Å²) < 4.78 is 3.56. The van der Waals surface area contributed by atoms with Gasteiger partial charge in [0.15, 0.2) is 5.82 Å². The van der Waals surface area contributed by atoms with Crippen LogP contribution in [0.2, 0.25) is 0 Å². The molecule has 5 N–H and O–H groups in total. The second kappa shape index (κ2) is 8.07. The summed E-state index contributed by atoms with van der Waals surface area (Å²) in [6.07, 6.45) is 4.55. The molecule has 4 aromatic rings. The Labute approximate surface area is 172 Å². The first-order valence-corrected chi connectivity index (χ1v) is 9.88. The molecule has 30 heavy (non-hydrogen) atoms. The van der Waals surface area contributed by atoms with E-state index in [1.807, 2.05) is 24.3 Å². The smallest absolute Gasteiger partial charge is 0.322 e. The van der Waals surface area contributed by atoms with Crippen molar-refractivity contribution in [3.8, 4) is 0 Å². The Balaban J connectivity index is 1.79. The number of benzene rings is 1. The summed E-state index contributed by atoms with van der Waals surface area (Å²) in [6, 6.07) is 6.79. The molecule has 0 aliphatic carbocycles. The van der Waals surface area contributed by atoms with Crippen LogP contribution >= 0.6 is 0 Å². The summed E-state index contributed by atoms with van der Waals surface area (Å²) >= 11 is 0. The topological polar surface area (TPSA) is 151 Å². The average Bonchev–Trinajstić information content (AvgIpc) is 3.32. The maximum absolute atomic E-state index is 11.0. The fraction of sp³-hybridized carbons (Fsp3) is 0.350. The van der Waals surface area contributed by atoms with E-state index in [0.29, 0.717) is 23.6 Å². The van der Waals surface area contributed by atoms with Crippen LogP contribution < -0.4 is 11.5 Å². The van der Waals surface area contributed by atoms with Gasteiger partial charge >= 0.3 is 5.97 Å². The van der Waals surface area contributed by atoms with E-state index in [-0.39, 0.29) is 6.54 Å². The van der Waals surface area contributed by atoms with Gasteiger partial charge in [0.25, 0.3) is 0 Å². The van der Waals surface area contributed by atoms with E-state index in [9.17, 15) is 4.79 Å². The van der Waals surface area contributed by atoms with Crippen LogP contribution in [0.4, 0.5) is 5.82 Å². The number of pyridine rings is 1. The summed E-state index contributed by atoms with van der Waals surface area (Å²) in [7, 11) is 0. The SMILES string of the molecule is CCCCc1nc2c(N)nc3ccccc3c2n1Cc1cn(C[C@H](N)C(=O)O)nn1. The molecule has 0 amide bonds. The molecule has 0 aliphatic rings. The molecule has 0 fully saturated rings. The van der Waals surface area contributed by atoms with Gasteiger partial charge in [-0.15, -0.1) is 5.10 Å². The third-order valence-electron chi connectivity index (χ3n) is 5.05. The first kappa shape index (κ1) is 19.8. The first-order chi connectivity index (χ1) is 14.5. The molecule has 0 saturated carbocycles. The highest BCUT2D eigenvalue weighted by molar-refractivity contribution is 6.06. The number of unbranched alkanes of at least 4 members (excludes halogenated alkanes) is 1. The van der Waals surface area contributed by atoms with Crippen LogP contribution in [0, 0.1) is 0 Å². The lowest BCUT2D eigenvalue weighted by molar-refractivity contribution is -0.138. The zero-order chi connectivity index (χ0) is 21.3. The number of carbonyl (C=O) groups is 1. The molecule has 4 rings (SSSR count). The number of carboxylic acid groups (broad SMARTS) is 1. The van der Waals surface area contributed by atoms with E-state index in [2.05, 4.69) is 26.8 Å². The van der Waals surface area contributed by atoms with Gasteiger partial charge < -0.3 is 21.1 Å². The van der Waals surface area contributed by atoms with Gasteiger partial charge in [-0.2, -0.15) is 0 Å². The molecule has 0 bridgehead atoms. The number of nitrogen functional groups attached to an aromatic ring is 1. The molecule has 10 nitrogen and oxygen atoms in total. The van der Waals surface area contributed by atoms with Crippen molar-refractivity contribution in [2.75, 3.05) is 5.73 Å². The average molecular weight is 408 g/mol. The summed E-state index contributed by atoms with van der Waals surface area (Å²) in [5.74, 6) is 0.230. The van der Waals surface area contributed by atoms with E-state index >= 15 is 0 Å². The Kier molecular flexibility index (Phi) is 5.32. The Hall–Kier alpha value is -3.53. The van der Waals surface area contributed by atoms with Crippen molar-refractivity contribution in [3.05, 3.63) is 42.0 Å². The summed E-state index contributed by atoms with van der Waals surface area (Å²) in [6.45, 7) is 2.62. The molecule has 3 heterocycles. The maximum Gasteiger partial charge on any atom is 0.322 e. The van der Waals surface area contributed by atoms with Crippen molar-refractivity contribution in [1.82, 2.24) is 29.5 Å². The van der Waals surface area contributed by atoms with Crippen LogP contribution in [0.1, 0.15) is 31.3 Å². The molecule has 1 aromatic carbocycles. The predicted octanol–water partition coefficient (Wildman–Crippen LogP) is 1.56.